The first kappa shape index (κ1) is 19.0. The summed E-state index contributed by atoms with van der Waals surface area (Å²) in [6, 6.07) is 15.7. The Hall–Kier alpha value is -2.82. The number of carbonyl (C=O) groups is 2. The second-order valence-corrected chi connectivity index (χ2v) is 7.59. The molecule has 1 aliphatic rings. The SMILES string of the molecule is Cc1ccc(C(c2ccc(N(C)C)cc2)C2C(=O)OC(C)(C)OC2=O)cc1. The van der Waals surface area contributed by atoms with E-state index in [2.05, 4.69) is 0 Å². The minimum Gasteiger partial charge on any atom is -0.422 e. The van der Waals surface area contributed by atoms with E-state index in [4.69, 9.17) is 9.47 Å². The molecule has 1 fully saturated rings. The summed E-state index contributed by atoms with van der Waals surface area (Å²) in [5.41, 5.74) is 3.88. The summed E-state index contributed by atoms with van der Waals surface area (Å²) in [6.07, 6.45) is 0. The van der Waals surface area contributed by atoms with Crippen LogP contribution in [-0.2, 0) is 19.1 Å². The molecule has 5 nitrogen and oxygen atoms in total. The van der Waals surface area contributed by atoms with Crippen molar-refractivity contribution in [2.24, 2.45) is 5.92 Å². The quantitative estimate of drug-likeness (QED) is 0.610. The molecule has 2 aromatic rings. The summed E-state index contributed by atoms with van der Waals surface area (Å²) in [5, 5.41) is 0. The van der Waals surface area contributed by atoms with E-state index in [0.717, 1.165) is 22.4 Å². The minimum absolute atomic E-state index is 0.474. The van der Waals surface area contributed by atoms with Crippen LogP contribution in [0.25, 0.3) is 0 Å². The van der Waals surface area contributed by atoms with Gasteiger partial charge in [0.15, 0.2) is 5.92 Å². The van der Waals surface area contributed by atoms with E-state index in [-0.39, 0.29) is 0 Å². The van der Waals surface area contributed by atoms with Crippen molar-refractivity contribution in [1.82, 2.24) is 0 Å². The van der Waals surface area contributed by atoms with Gasteiger partial charge in [-0.1, -0.05) is 42.0 Å². The molecule has 5 heteroatoms. The van der Waals surface area contributed by atoms with Crippen LogP contribution in [-0.4, -0.2) is 31.8 Å². The lowest BCUT2D eigenvalue weighted by atomic mass is 9.80. The van der Waals surface area contributed by atoms with E-state index in [1.165, 1.54) is 0 Å². The molecule has 0 aliphatic carbocycles. The van der Waals surface area contributed by atoms with Gasteiger partial charge in [0.05, 0.1) is 0 Å². The van der Waals surface area contributed by atoms with E-state index >= 15 is 0 Å². The first-order chi connectivity index (χ1) is 12.7. The zero-order chi connectivity index (χ0) is 19.8. The number of rotatable bonds is 4. The van der Waals surface area contributed by atoms with Gasteiger partial charge in [0.25, 0.3) is 5.79 Å². The van der Waals surface area contributed by atoms with Crippen molar-refractivity contribution in [2.45, 2.75) is 32.5 Å². The van der Waals surface area contributed by atoms with E-state index in [9.17, 15) is 9.59 Å². The molecule has 0 spiro atoms. The molecule has 0 N–H and O–H groups in total. The first-order valence-corrected chi connectivity index (χ1v) is 8.97. The summed E-state index contributed by atoms with van der Waals surface area (Å²) >= 11 is 0. The Morgan fingerprint density at radius 2 is 1.30 bits per heavy atom. The molecule has 0 amide bonds. The summed E-state index contributed by atoms with van der Waals surface area (Å²) in [4.78, 5) is 27.4. The van der Waals surface area contributed by atoms with Gasteiger partial charge in [0, 0.05) is 39.5 Å². The van der Waals surface area contributed by atoms with Crippen molar-refractivity contribution in [2.75, 3.05) is 19.0 Å². The Balaban J connectivity index is 2.06. The van der Waals surface area contributed by atoms with Crippen LogP contribution >= 0.6 is 0 Å². The maximum absolute atomic E-state index is 12.7. The Bertz CT molecular complexity index is 818. The second-order valence-electron chi connectivity index (χ2n) is 7.59. The molecule has 0 radical (unpaired) electrons. The van der Waals surface area contributed by atoms with Crippen LogP contribution in [0.3, 0.4) is 0 Å². The summed E-state index contributed by atoms with van der Waals surface area (Å²) in [7, 11) is 3.93. The predicted octanol–water partition coefficient (Wildman–Crippen LogP) is 3.65. The number of aryl methyl sites for hydroxylation is 1. The van der Waals surface area contributed by atoms with Crippen molar-refractivity contribution in [3.63, 3.8) is 0 Å². The van der Waals surface area contributed by atoms with Gasteiger partial charge in [0.2, 0.25) is 0 Å². The maximum atomic E-state index is 12.7. The van der Waals surface area contributed by atoms with Crippen molar-refractivity contribution >= 4 is 17.6 Å². The largest absolute Gasteiger partial charge is 0.422 e. The van der Waals surface area contributed by atoms with E-state index in [1.54, 1.807) is 13.8 Å². The molecule has 0 aromatic heterocycles. The lowest BCUT2D eigenvalue weighted by Gasteiger charge is -2.36. The highest BCUT2D eigenvalue weighted by Crippen LogP contribution is 2.38. The molecular weight excluding hydrogens is 342 g/mol. The lowest BCUT2D eigenvalue weighted by molar-refractivity contribution is -0.240. The first-order valence-electron chi connectivity index (χ1n) is 8.97. The van der Waals surface area contributed by atoms with Gasteiger partial charge in [0.1, 0.15) is 0 Å². The highest BCUT2D eigenvalue weighted by Gasteiger charge is 2.48. The Morgan fingerprint density at radius 1 is 0.852 bits per heavy atom. The minimum atomic E-state index is -1.24. The molecule has 1 unspecified atom stereocenters. The second kappa shape index (κ2) is 7.06. The van der Waals surface area contributed by atoms with Crippen LogP contribution in [0.15, 0.2) is 48.5 Å². The number of benzene rings is 2. The van der Waals surface area contributed by atoms with Gasteiger partial charge in [-0.05, 0) is 30.2 Å². The predicted molar refractivity (Wildman–Crippen MR) is 104 cm³/mol. The average molecular weight is 367 g/mol. The summed E-state index contributed by atoms with van der Waals surface area (Å²) < 4.78 is 10.8. The maximum Gasteiger partial charge on any atom is 0.324 e. The third-order valence-electron chi connectivity index (χ3n) is 4.74. The number of hydrogen-bond donors (Lipinski definition) is 0. The number of ether oxygens (including phenoxy) is 2. The number of esters is 2. The topological polar surface area (TPSA) is 55.8 Å². The molecule has 0 bridgehead atoms. The van der Waals surface area contributed by atoms with Crippen LogP contribution in [0.4, 0.5) is 5.69 Å². The number of hydrogen-bond acceptors (Lipinski definition) is 5. The fraction of sp³-hybridized carbons (Fsp3) is 0.364. The normalized spacial score (nSPS) is 17.8. The monoisotopic (exact) mass is 367 g/mol. The Labute approximate surface area is 159 Å². The number of anilines is 1. The van der Waals surface area contributed by atoms with Crippen molar-refractivity contribution in [3.05, 3.63) is 65.2 Å². The molecule has 1 saturated heterocycles. The highest BCUT2D eigenvalue weighted by molar-refractivity contribution is 5.98. The Kier molecular flexibility index (Phi) is 4.96. The molecule has 1 aliphatic heterocycles. The molecule has 27 heavy (non-hydrogen) atoms. The molecule has 2 aromatic carbocycles. The van der Waals surface area contributed by atoms with E-state index < -0.39 is 29.6 Å². The highest BCUT2D eigenvalue weighted by atomic mass is 16.7. The van der Waals surface area contributed by atoms with Crippen LogP contribution in [0.5, 0.6) is 0 Å². The fourth-order valence-corrected chi connectivity index (χ4v) is 3.33. The number of nitrogens with zero attached hydrogens (tertiary/aromatic N) is 1. The van der Waals surface area contributed by atoms with Crippen molar-refractivity contribution in [3.8, 4) is 0 Å². The molecule has 142 valence electrons. The third-order valence-corrected chi connectivity index (χ3v) is 4.74. The van der Waals surface area contributed by atoms with Gasteiger partial charge in [-0.25, -0.2) is 0 Å². The van der Waals surface area contributed by atoms with Crippen LogP contribution in [0, 0.1) is 12.8 Å². The molecule has 1 atom stereocenters. The molecule has 1 heterocycles. The van der Waals surface area contributed by atoms with Crippen LogP contribution < -0.4 is 4.90 Å². The Morgan fingerprint density at radius 3 is 1.74 bits per heavy atom. The molecule has 0 saturated carbocycles. The number of carbonyl (C=O) groups excluding carboxylic acids is 2. The summed E-state index contributed by atoms with van der Waals surface area (Å²) in [6.45, 7) is 5.12. The smallest absolute Gasteiger partial charge is 0.324 e. The van der Waals surface area contributed by atoms with Gasteiger partial charge >= 0.3 is 11.9 Å². The molecular formula is C22H25NO4. The van der Waals surface area contributed by atoms with Crippen LogP contribution in [0.2, 0.25) is 0 Å². The van der Waals surface area contributed by atoms with Gasteiger partial charge in [-0.15, -0.1) is 0 Å². The lowest BCUT2D eigenvalue weighted by Crippen LogP contribution is -2.48. The standard InChI is InChI=1S/C22H25NO4/c1-14-6-8-15(9-7-14)18(16-10-12-17(13-11-16)23(4)5)19-20(24)26-22(2,3)27-21(19)25/h6-13,18-19H,1-5H3. The van der Waals surface area contributed by atoms with Crippen molar-refractivity contribution < 1.29 is 19.1 Å². The third kappa shape index (κ3) is 3.97. The van der Waals surface area contributed by atoms with Crippen LogP contribution in [0.1, 0.15) is 36.5 Å². The fourth-order valence-electron chi connectivity index (χ4n) is 3.33. The van der Waals surface area contributed by atoms with E-state index in [1.807, 2.05) is 74.4 Å². The summed E-state index contributed by atoms with van der Waals surface area (Å²) in [5.74, 6) is -3.86. The average Bonchev–Trinajstić information content (AvgIpc) is 2.58. The van der Waals surface area contributed by atoms with Crippen molar-refractivity contribution in [1.29, 1.82) is 0 Å². The van der Waals surface area contributed by atoms with Gasteiger partial charge < -0.3 is 14.4 Å². The zero-order valence-corrected chi connectivity index (χ0v) is 16.4. The molecule has 3 rings (SSSR count). The number of cyclic esters (lactones) is 2. The van der Waals surface area contributed by atoms with E-state index in [0.29, 0.717) is 0 Å². The zero-order valence-electron chi connectivity index (χ0n) is 16.4. The van der Waals surface area contributed by atoms with Gasteiger partial charge in [-0.3, -0.25) is 9.59 Å². The van der Waals surface area contributed by atoms with Gasteiger partial charge in [-0.2, -0.15) is 0 Å².